The van der Waals surface area contributed by atoms with Crippen LogP contribution in [0.25, 0.3) is 77.2 Å². The van der Waals surface area contributed by atoms with Gasteiger partial charge >= 0.3 is 0 Å². The normalized spacial score (nSPS) is 18.3. The number of aromatic nitrogens is 2. The molecule has 0 bridgehead atoms. The Hall–Kier alpha value is -7.36. The minimum atomic E-state index is -0.154. The zero-order chi connectivity index (χ0) is 40.6. The van der Waals surface area contributed by atoms with Gasteiger partial charge in [-0.15, -0.1) is 0 Å². The van der Waals surface area contributed by atoms with Crippen LogP contribution in [0, 0.1) is 0 Å². The van der Waals surface area contributed by atoms with Crippen molar-refractivity contribution in [2.24, 2.45) is 0 Å². The summed E-state index contributed by atoms with van der Waals surface area (Å²) in [7, 11) is 0. The van der Waals surface area contributed by atoms with Crippen LogP contribution in [0.3, 0.4) is 0 Å². The summed E-state index contributed by atoms with van der Waals surface area (Å²) in [5, 5.41) is 5.05. The van der Waals surface area contributed by atoms with E-state index in [1.54, 1.807) is 0 Å². The molecule has 8 aromatic carbocycles. The van der Waals surface area contributed by atoms with Crippen molar-refractivity contribution in [3.8, 4) is 33.6 Å². The van der Waals surface area contributed by atoms with Crippen molar-refractivity contribution in [1.29, 1.82) is 0 Å². The first-order valence-corrected chi connectivity index (χ1v) is 21.6. The van der Waals surface area contributed by atoms with E-state index in [9.17, 15) is 0 Å². The molecule has 0 saturated carbocycles. The van der Waals surface area contributed by atoms with Gasteiger partial charge in [0, 0.05) is 55.1 Å². The molecule has 2 aromatic heterocycles. The molecular formula is C58H43N3. The first-order valence-electron chi connectivity index (χ1n) is 21.6. The van der Waals surface area contributed by atoms with Gasteiger partial charge in [-0.25, -0.2) is 0 Å². The van der Waals surface area contributed by atoms with Crippen molar-refractivity contribution in [2.75, 3.05) is 4.90 Å². The second kappa shape index (κ2) is 12.3. The average Bonchev–Trinajstić information content (AvgIpc) is 3.97. The Kier molecular flexibility index (Phi) is 6.98. The second-order valence-corrected chi connectivity index (χ2v) is 18.0. The maximum Gasteiger partial charge on any atom is 0.0655 e. The van der Waals surface area contributed by atoms with E-state index >= 15 is 0 Å². The monoisotopic (exact) mass is 781 g/mol. The van der Waals surface area contributed by atoms with Crippen LogP contribution in [0.1, 0.15) is 37.5 Å². The summed E-state index contributed by atoms with van der Waals surface area (Å²) in [6.07, 6.45) is 9.17. The van der Waals surface area contributed by atoms with Crippen molar-refractivity contribution in [2.45, 2.75) is 37.6 Å². The number of allylic oxidation sites excluding steroid dienone is 2. The lowest BCUT2D eigenvalue weighted by atomic mass is 9.75. The Morgan fingerprint density at radius 2 is 1.05 bits per heavy atom. The van der Waals surface area contributed by atoms with Gasteiger partial charge in [-0.05, 0) is 131 Å². The molecular weight excluding hydrogens is 739 g/mol. The van der Waals surface area contributed by atoms with Crippen LogP contribution in [0.2, 0.25) is 0 Å². The number of rotatable bonds is 4. The van der Waals surface area contributed by atoms with Crippen molar-refractivity contribution >= 4 is 55.0 Å². The van der Waals surface area contributed by atoms with Crippen LogP contribution < -0.4 is 4.90 Å². The van der Waals surface area contributed by atoms with Gasteiger partial charge < -0.3 is 14.0 Å². The third-order valence-electron chi connectivity index (χ3n) is 14.3. The molecule has 3 heterocycles. The molecule has 0 radical (unpaired) electrons. The average molecular weight is 782 g/mol. The Balaban J connectivity index is 1.02. The maximum atomic E-state index is 2.51. The Morgan fingerprint density at radius 3 is 1.89 bits per heavy atom. The fourth-order valence-corrected chi connectivity index (χ4v) is 11.3. The van der Waals surface area contributed by atoms with E-state index < -0.39 is 0 Å². The smallest absolute Gasteiger partial charge is 0.0655 e. The van der Waals surface area contributed by atoms with Crippen molar-refractivity contribution in [3.05, 3.63) is 217 Å². The highest BCUT2D eigenvalue weighted by atomic mass is 15.2. The summed E-state index contributed by atoms with van der Waals surface area (Å²) in [6.45, 7) is 7.14. The number of hydrogen-bond acceptors (Lipinski definition) is 1. The number of nitrogens with zero attached hydrogens (tertiary/aromatic N) is 3. The first-order chi connectivity index (χ1) is 29.9. The molecule has 0 fully saturated rings. The molecule has 10 aromatic rings. The molecule has 0 amide bonds. The third kappa shape index (κ3) is 4.69. The summed E-state index contributed by atoms with van der Waals surface area (Å²) in [6, 6.07) is 66.0. The summed E-state index contributed by atoms with van der Waals surface area (Å²) in [5.74, 6) is 0. The summed E-state index contributed by atoms with van der Waals surface area (Å²) < 4.78 is 4.93. The number of benzene rings is 8. The Morgan fingerprint density at radius 1 is 0.410 bits per heavy atom. The van der Waals surface area contributed by atoms with Crippen LogP contribution in [-0.4, -0.2) is 15.2 Å². The number of fused-ring (bicyclic) bond motifs is 12. The topological polar surface area (TPSA) is 13.1 Å². The number of anilines is 2. The van der Waals surface area contributed by atoms with E-state index in [1.165, 1.54) is 99.6 Å². The minimum Gasteiger partial charge on any atom is -0.333 e. The Labute approximate surface area is 355 Å². The van der Waals surface area contributed by atoms with Crippen LogP contribution in [-0.2, 0) is 10.8 Å². The van der Waals surface area contributed by atoms with E-state index in [2.05, 4.69) is 235 Å². The predicted molar refractivity (Wildman–Crippen MR) is 256 cm³/mol. The molecule has 290 valence electrons. The van der Waals surface area contributed by atoms with Crippen molar-refractivity contribution < 1.29 is 0 Å². The zero-order valence-corrected chi connectivity index (χ0v) is 34.5. The van der Waals surface area contributed by atoms with Gasteiger partial charge in [-0.3, -0.25) is 0 Å². The van der Waals surface area contributed by atoms with Gasteiger partial charge in [-0.1, -0.05) is 129 Å². The van der Waals surface area contributed by atoms with Crippen LogP contribution in [0.4, 0.5) is 11.4 Å². The van der Waals surface area contributed by atoms with E-state index in [0.717, 1.165) is 5.69 Å². The summed E-state index contributed by atoms with van der Waals surface area (Å²) in [5.41, 5.74) is 18.7. The van der Waals surface area contributed by atoms with Crippen molar-refractivity contribution in [1.82, 2.24) is 9.13 Å². The Bertz CT molecular complexity index is 3520. The number of para-hydroxylation sites is 3. The van der Waals surface area contributed by atoms with Gasteiger partial charge in [0.05, 0.1) is 28.1 Å². The predicted octanol–water partition coefficient (Wildman–Crippen LogP) is 14.8. The van der Waals surface area contributed by atoms with E-state index in [0.29, 0.717) is 0 Å². The molecule has 1 aliphatic heterocycles. The molecule has 0 spiro atoms. The standard InChI is InChI=1S/C58H43N3/c1-57(2)48-22-12-10-20-42(48)44-35-47-43-21-11-13-23-51(43)60(55(47)36-49(44)57)41-27-30-53-46(34-41)45-32-37(25-28-52(45)59(53)39-16-6-4-7-17-39)38-26-29-54-50(33-38)58(3)31-15-14-24-56(58)61(54)40-18-8-5-9-19-40/h4-36,56H,1-3H3. The maximum absolute atomic E-state index is 2.51. The van der Waals surface area contributed by atoms with Crippen LogP contribution in [0.5, 0.6) is 0 Å². The van der Waals surface area contributed by atoms with E-state index in [1.807, 2.05) is 0 Å². The lowest BCUT2D eigenvalue weighted by Crippen LogP contribution is -2.39. The highest BCUT2D eigenvalue weighted by Gasteiger charge is 2.46. The van der Waals surface area contributed by atoms with Gasteiger partial charge in [0.1, 0.15) is 0 Å². The van der Waals surface area contributed by atoms with Gasteiger partial charge in [0.25, 0.3) is 0 Å². The molecule has 0 N–H and O–H groups in total. The molecule has 2 unspecified atom stereocenters. The summed E-state index contributed by atoms with van der Waals surface area (Å²) in [4.78, 5) is 2.51. The quantitative estimate of drug-likeness (QED) is 0.173. The molecule has 3 nitrogen and oxygen atoms in total. The SMILES string of the molecule is CC1(C)c2ccccc2-c2cc3c4ccccc4n(-c4ccc5c(c4)c4cc(-c6ccc7c(c6)C6(C)C=CC=CC6N7c6ccccc6)ccc4n5-c4ccccc4)c3cc21. The fourth-order valence-electron chi connectivity index (χ4n) is 11.3. The third-order valence-corrected chi connectivity index (χ3v) is 14.3. The van der Waals surface area contributed by atoms with Crippen LogP contribution in [0.15, 0.2) is 200 Å². The largest absolute Gasteiger partial charge is 0.333 e. The highest BCUT2D eigenvalue weighted by molar-refractivity contribution is 6.14. The molecule has 3 aliphatic rings. The zero-order valence-electron chi connectivity index (χ0n) is 34.5. The molecule has 2 aliphatic carbocycles. The molecule has 61 heavy (non-hydrogen) atoms. The van der Waals surface area contributed by atoms with Crippen LogP contribution >= 0.6 is 0 Å². The van der Waals surface area contributed by atoms with Crippen molar-refractivity contribution in [3.63, 3.8) is 0 Å². The first kappa shape index (κ1) is 34.5. The lowest BCUT2D eigenvalue weighted by molar-refractivity contribution is 0.551. The minimum absolute atomic E-state index is 0.0927. The fraction of sp³-hybridized carbons (Fsp3) is 0.103. The lowest BCUT2D eigenvalue weighted by Gasteiger charge is -2.34. The van der Waals surface area contributed by atoms with E-state index in [4.69, 9.17) is 0 Å². The molecule has 2 atom stereocenters. The van der Waals surface area contributed by atoms with E-state index in [-0.39, 0.29) is 16.9 Å². The molecule has 0 saturated heterocycles. The molecule has 13 rings (SSSR count). The van der Waals surface area contributed by atoms with Gasteiger partial charge in [0.2, 0.25) is 0 Å². The second-order valence-electron chi connectivity index (χ2n) is 18.0. The number of hydrogen-bond donors (Lipinski definition) is 0. The molecule has 3 heteroatoms. The van der Waals surface area contributed by atoms with Gasteiger partial charge in [-0.2, -0.15) is 0 Å². The highest BCUT2D eigenvalue weighted by Crippen LogP contribution is 2.53. The summed E-state index contributed by atoms with van der Waals surface area (Å²) >= 11 is 0. The van der Waals surface area contributed by atoms with Gasteiger partial charge in [0.15, 0.2) is 0 Å².